The third-order valence-corrected chi connectivity index (χ3v) is 6.25. The normalized spacial score (nSPS) is 17.0. The van der Waals surface area contributed by atoms with Crippen LogP contribution in [0.5, 0.6) is 0 Å². The molecular formula is C22H29N3O3S. The molecule has 0 spiro atoms. The molecule has 2 aromatic rings. The molecule has 1 amide bonds. The van der Waals surface area contributed by atoms with E-state index in [-0.39, 0.29) is 12.1 Å². The summed E-state index contributed by atoms with van der Waals surface area (Å²) in [5.74, 6) is 1.77. The van der Waals surface area contributed by atoms with E-state index in [0.717, 1.165) is 42.3 Å². The van der Waals surface area contributed by atoms with Crippen molar-refractivity contribution in [1.29, 1.82) is 0 Å². The van der Waals surface area contributed by atoms with Gasteiger partial charge in [0.2, 0.25) is 0 Å². The molecule has 1 aromatic carbocycles. The Morgan fingerprint density at radius 2 is 1.97 bits per heavy atom. The topological polar surface area (TPSA) is 74.6 Å². The van der Waals surface area contributed by atoms with Gasteiger partial charge >= 0.3 is 0 Å². The number of aliphatic hydroxyl groups is 1. The molecule has 2 heterocycles. The van der Waals surface area contributed by atoms with Gasteiger partial charge in [-0.3, -0.25) is 14.5 Å². The number of nitrogens with one attached hydrogen (secondary N) is 1. The quantitative estimate of drug-likeness (QED) is 0.758. The molecule has 156 valence electrons. The van der Waals surface area contributed by atoms with Gasteiger partial charge in [-0.05, 0) is 49.6 Å². The van der Waals surface area contributed by atoms with E-state index in [1.807, 2.05) is 37.7 Å². The van der Waals surface area contributed by atoms with Crippen LogP contribution in [-0.2, 0) is 17.9 Å². The third kappa shape index (κ3) is 5.50. The molecule has 0 saturated carbocycles. The van der Waals surface area contributed by atoms with E-state index in [1.165, 1.54) is 23.1 Å². The third-order valence-electron chi connectivity index (χ3n) is 5.31. The first-order chi connectivity index (χ1) is 13.8. The van der Waals surface area contributed by atoms with Crippen molar-refractivity contribution in [1.82, 2.24) is 9.47 Å². The van der Waals surface area contributed by atoms with Gasteiger partial charge in [-0.1, -0.05) is 12.1 Å². The number of pyridine rings is 1. The Balaban J connectivity index is 1.71. The smallest absolute Gasteiger partial charge is 0.257 e. The lowest BCUT2D eigenvalue weighted by molar-refractivity contribution is -0.133. The first-order valence-electron chi connectivity index (χ1n) is 9.86. The Hall–Kier alpha value is -2.09. The fourth-order valence-electron chi connectivity index (χ4n) is 3.39. The van der Waals surface area contributed by atoms with E-state index < -0.39 is 11.5 Å². The lowest BCUT2D eigenvalue weighted by Crippen LogP contribution is -2.45. The van der Waals surface area contributed by atoms with E-state index in [2.05, 4.69) is 16.3 Å². The van der Waals surface area contributed by atoms with Crippen LogP contribution in [0.25, 0.3) is 0 Å². The highest BCUT2D eigenvalue weighted by Crippen LogP contribution is 2.23. The van der Waals surface area contributed by atoms with Crippen LogP contribution in [-0.4, -0.2) is 50.7 Å². The number of aryl methyl sites for hydroxylation is 1. The number of benzene rings is 1. The molecule has 1 saturated heterocycles. The van der Waals surface area contributed by atoms with Crippen LogP contribution < -0.4 is 10.9 Å². The Morgan fingerprint density at radius 3 is 2.66 bits per heavy atom. The van der Waals surface area contributed by atoms with Crippen LogP contribution in [0.1, 0.15) is 23.6 Å². The first-order valence-corrected chi connectivity index (χ1v) is 11.0. The Kier molecular flexibility index (Phi) is 6.82. The summed E-state index contributed by atoms with van der Waals surface area (Å²) < 4.78 is 1.35. The van der Waals surface area contributed by atoms with Gasteiger partial charge in [-0.25, -0.2) is 0 Å². The van der Waals surface area contributed by atoms with Gasteiger partial charge in [0.05, 0.1) is 6.54 Å². The average Bonchev–Trinajstić information content (AvgIpc) is 2.68. The Morgan fingerprint density at radius 1 is 1.24 bits per heavy atom. The van der Waals surface area contributed by atoms with Gasteiger partial charge in [0.1, 0.15) is 0 Å². The number of hydrogen-bond acceptors (Lipinski definition) is 5. The standard InChI is InChI=1S/C22H29N3O3S/c1-16-7-8-25(20(26)13-16)15-22(3,28)21(27)23-19-6-4-5-18(17(19)2)14-24-9-11-29-12-10-24/h4-8,13,28H,9-12,14-15H2,1-3H3,(H,23,27)/t22-/m1/s1. The van der Waals surface area contributed by atoms with Crippen LogP contribution in [0.4, 0.5) is 5.69 Å². The van der Waals surface area contributed by atoms with Crippen molar-refractivity contribution in [2.75, 3.05) is 29.9 Å². The molecule has 1 atom stereocenters. The van der Waals surface area contributed by atoms with E-state index in [1.54, 1.807) is 12.3 Å². The number of thioether (sulfide) groups is 1. The number of rotatable bonds is 6. The van der Waals surface area contributed by atoms with Crippen LogP contribution in [0.15, 0.2) is 41.3 Å². The van der Waals surface area contributed by atoms with E-state index in [0.29, 0.717) is 5.69 Å². The van der Waals surface area contributed by atoms with Gasteiger partial charge in [0, 0.05) is 49.1 Å². The van der Waals surface area contributed by atoms with Crippen molar-refractivity contribution < 1.29 is 9.90 Å². The number of carbonyl (C=O) groups is 1. The maximum Gasteiger partial charge on any atom is 0.257 e. The van der Waals surface area contributed by atoms with Gasteiger partial charge in [0.25, 0.3) is 11.5 Å². The van der Waals surface area contributed by atoms with Crippen molar-refractivity contribution in [3.63, 3.8) is 0 Å². The van der Waals surface area contributed by atoms with Gasteiger partial charge in [0.15, 0.2) is 5.60 Å². The fourth-order valence-corrected chi connectivity index (χ4v) is 4.37. The molecule has 7 heteroatoms. The minimum Gasteiger partial charge on any atom is -0.378 e. The van der Waals surface area contributed by atoms with Gasteiger partial charge < -0.3 is 15.0 Å². The molecule has 0 aliphatic carbocycles. The summed E-state index contributed by atoms with van der Waals surface area (Å²) >= 11 is 1.98. The zero-order valence-electron chi connectivity index (χ0n) is 17.3. The fraction of sp³-hybridized carbons (Fsp3) is 0.455. The summed E-state index contributed by atoms with van der Waals surface area (Å²) in [5, 5.41) is 13.6. The number of anilines is 1. The summed E-state index contributed by atoms with van der Waals surface area (Å²) in [6, 6.07) is 9.12. The number of nitrogens with zero attached hydrogens (tertiary/aromatic N) is 2. The molecule has 29 heavy (non-hydrogen) atoms. The Labute approximate surface area is 175 Å². The molecule has 6 nitrogen and oxygen atoms in total. The van der Waals surface area contributed by atoms with Crippen LogP contribution in [0.3, 0.4) is 0 Å². The monoisotopic (exact) mass is 415 g/mol. The number of carbonyl (C=O) groups excluding carboxylic acids is 1. The zero-order chi connectivity index (χ0) is 21.0. The minimum absolute atomic E-state index is 0.109. The van der Waals surface area contributed by atoms with Crippen LogP contribution in [0, 0.1) is 13.8 Å². The highest BCUT2D eigenvalue weighted by Gasteiger charge is 2.31. The first kappa shape index (κ1) is 21.6. The highest BCUT2D eigenvalue weighted by atomic mass is 32.2. The minimum atomic E-state index is -1.72. The molecule has 0 radical (unpaired) electrons. The van der Waals surface area contributed by atoms with Crippen molar-refractivity contribution in [2.24, 2.45) is 0 Å². The van der Waals surface area contributed by atoms with Crippen molar-refractivity contribution in [3.05, 3.63) is 63.6 Å². The number of hydrogen-bond donors (Lipinski definition) is 2. The van der Waals surface area contributed by atoms with Crippen LogP contribution in [0.2, 0.25) is 0 Å². The van der Waals surface area contributed by atoms with E-state index >= 15 is 0 Å². The second kappa shape index (κ2) is 9.15. The molecule has 1 aliphatic heterocycles. The molecule has 2 N–H and O–H groups in total. The molecule has 1 aromatic heterocycles. The maximum absolute atomic E-state index is 12.8. The molecule has 3 rings (SSSR count). The van der Waals surface area contributed by atoms with Crippen molar-refractivity contribution in [2.45, 2.75) is 39.5 Å². The Bertz CT molecular complexity index is 933. The molecule has 1 fully saturated rings. The van der Waals surface area contributed by atoms with Crippen molar-refractivity contribution >= 4 is 23.4 Å². The second-order valence-corrected chi connectivity index (χ2v) is 9.10. The van der Waals surface area contributed by atoms with E-state index in [4.69, 9.17) is 0 Å². The predicted molar refractivity (Wildman–Crippen MR) is 118 cm³/mol. The lowest BCUT2D eigenvalue weighted by Gasteiger charge is -2.27. The lowest BCUT2D eigenvalue weighted by atomic mass is 10.0. The summed E-state index contributed by atoms with van der Waals surface area (Å²) in [6.07, 6.45) is 1.60. The maximum atomic E-state index is 12.8. The highest BCUT2D eigenvalue weighted by molar-refractivity contribution is 7.99. The van der Waals surface area contributed by atoms with Crippen LogP contribution >= 0.6 is 11.8 Å². The van der Waals surface area contributed by atoms with E-state index in [9.17, 15) is 14.7 Å². The number of amides is 1. The summed E-state index contributed by atoms with van der Waals surface area (Å²) in [7, 11) is 0. The van der Waals surface area contributed by atoms with Gasteiger partial charge in [-0.2, -0.15) is 11.8 Å². The molecule has 0 bridgehead atoms. The largest absolute Gasteiger partial charge is 0.378 e. The second-order valence-electron chi connectivity index (χ2n) is 7.88. The molecule has 0 unspecified atom stereocenters. The summed E-state index contributed by atoms with van der Waals surface area (Å²) in [6.45, 7) is 8.13. The van der Waals surface area contributed by atoms with Crippen molar-refractivity contribution in [3.8, 4) is 0 Å². The summed E-state index contributed by atoms with van der Waals surface area (Å²) in [5.41, 5.74) is 1.75. The predicted octanol–water partition coefficient (Wildman–Crippen LogP) is 2.40. The zero-order valence-corrected chi connectivity index (χ0v) is 18.1. The molecular weight excluding hydrogens is 386 g/mol. The molecule has 1 aliphatic rings. The number of aromatic nitrogens is 1. The average molecular weight is 416 g/mol. The van der Waals surface area contributed by atoms with Gasteiger partial charge in [-0.15, -0.1) is 0 Å². The SMILES string of the molecule is Cc1ccn(C[C@@](C)(O)C(=O)Nc2cccc(CN3CCSCC3)c2C)c(=O)c1. The summed E-state index contributed by atoms with van der Waals surface area (Å²) in [4.78, 5) is 27.3.